The van der Waals surface area contributed by atoms with Crippen LogP contribution in [0, 0.1) is 0 Å². The van der Waals surface area contributed by atoms with Crippen LogP contribution < -0.4 is 15.5 Å². The van der Waals surface area contributed by atoms with Crippen LogP contribution in [-0.2, 0) is 4.79 Å². The van der Waals surface area contributed by atoms with Gasteiger partial charge in [0.15, 0.2) is 5.13 Å². The molecule has 3 amide bonds. The average Bonchev–Trinajstić information content (AvgIpc) is 2.99. The number of amides is 3. The molecule has 1 aliphatic heterocycles. The molecule has 0 saturated carbocycles. The Labute approximate surface area is 134 Å². The first-order valence-electron chi connectivity index (χ1n) is 7.47. The molecular weight excluding hydrogens is 302 g/mol. The van der Waals surface area contributed by atoms with Crippen LogP contribution in [0.3, 0.4) is 0 Å². The van der Waals surface area contributed by atoms with Crippen molar-refractivity contribution in [1.82, 2.24) is 20.5 Å². The van der Waals surface area contributed by atoms with Crippen molar-refractivity contribution in [1.29, 1.82) is 0 Å². The first kappa shape index (κ1) is 16.7. The fourth-order valence-electron chi connectivity index (χ4n) is 2.35. The van der Waals surface area contributed by atoms with E-state index in [9.17, 15) is 9.59 Å². The molecule has 1 aromatic heterocycles. The van der Waals surface area contributed by atoms with E-state index < -0.39 is 6.03 Å². The molecule has 0 radical (unpaired) electrons. The monoisotopic (exact) mass is 325 g/mol. The maximum Gasteiger partial charge on any atom is 0.321 e. The Kier molecular flexibility index (Phi) is 5.73. The molecule has 2 N–H and O–H groups in total. The van der Waals surface area contributed by atoms with Crippen LogP contribution in [0.1, 0.15) is 20.8 Å². The van der Waals surface area contributed by atoms with E-state index in [4.69, 9.17) is 0 Å². The van der Waals surface area contributed by atoms with Crippen LogP contribution >= 0.6 is 11.3 Å². The summed E-state index contributed by atoms with van der Waals surface area (Å²) in [5.74, 6) is -0.263. The topological polar surface area (TPSA) is 77.6 Å². The van der Waals surface area contributed by atoms with Gasteiger partial charge in [-0.25, -0.2) is 9.78 Å². The summed E-state index contributed by atoms with van der Waals surface area (Å²) in [5, 5.41) is 8.03. The summed E-state index contributed by atoms with van der Waals surface area (Å²) in [6.45, 7) is 8.76. The average molecular weight is 325 g/mol. The highest BCUT2D eigenvalue weighted by Crippen LogP contribution is 2.19. The first-order chi connectivity index (χ1) is 10.5. The molecule has 1 fully saturated rings. The van der Waals surface area contributed by atoms with Crippen LogP contribution in [-0.4, -0.2) is 60.1 Å². The van der Waals surface area contributed by atoms with E-state index in [1.807, 2.05) is 26.2 Å². The number of nitrogens with one attached hydrogen (secondary N) is 2. The number of carbonyl (C=O) groups excluding carboxylic acids is 2. The van der Waals surface area contributed by atoms with Gasteiger partial charge >= 0.3 is 6.03 Å². The lowest BCUT2D eigenvalue weighted by atomic mass is 10.2. The first-order valence-corrected chi connectivity index (χ1v) is 8.35. The highest BCUT2D eigenvalue weighted by atomic mass is 32.1. The molecule has 0 spiro atoms. The van der Waals surface area contributed by atoms with E-state index in [0.29, 0.717) is 0 Å². The number of carbonyl (C=O) groups is 2. The zero-order valence-electron chi connectivity index (χ0n) is 13.2. The lowest BCUT2D eigenvalue weighted by Crippen LogP contribution is -2.55. The zero-order valence-corrected chi connectivity index (χ0v) is 14.0. The molecule has 0 aromatic carbocycles. The van der Waals surface area contributed by atoms with Gasteiger partial charge in [0.25, 0.3) is 0 Å². The number of aromatic nitrogens is 1. The van der Waals surface area contributed by atoms with Gasteiger partial charge in [-0.3, -0.25) is 15.0 Å². The third-order valence-corrected chi connectivity index (χ3v) is 4.42. The predicted molar refractivity (Wildman–Crippen MR) is 87.2 cm³/mol. The minimum absolute atomic E-state index is 0.00458. The third kappa shape index (κ3) is 4.41. The molecule has 8 heteroatoms. The van der Waals surface area contributed by atoms with Crippen molar-refractivity contribution >= 4 is 28.4 Å². The van der Waals surface area contributed by atoms with Crippen molar-refractivity contribution in [3.63, 3.8) is 0 Å². The lowest BCUT2D eigenvalue weighted by Gasteiger charge is -2.37. The van der Waals surface area contributed by atoms with E-state index in [0.717, 1.165) is 31.3 Å². The summed E-state index contributed by atoms with van der Waals surface area (Å²) in [6, 6.07) is -0.755. The quantitative estimate of drug-likeness (QED) is 0.859. The molecule has 1 atom stereocenters. The molecule has 122 valence electrons. The SMILES string of the molecule is CC(C)NC(=O)NC(=O)C(C)N1CCN(c2nccs2)CC1. The Balaban J connectivity index is 1.80. The lowest BCUT2D eigenvalue weighted by molar-refractivity contribution is -0.124. The van der Waals surface area contributed by atoms with Gasteiger partial charge in [-0.1, -0.05) is 0 Å². The zero-order chi connectivity index (χ0) is 16.1. The number of imide groups is 1. The molecule has 2 heterocycles. The van der Waals surface area contributed by atoms with Crippen LogP contribution in [0.25, 0.3) is 0 Å². The Hall–Kier alpha value is -1.67. The molecule has 0 bridgehead atoms. The molecule has 2 rings (SSSR count). The van der Waals surface area contributed by atoms with Crippen molar-refractivity contribution < 1.29 is 9.59 Å². The highest BCUT2D eigenvalue weighted by molar-refractivity contribution is 7.13. The third-order valence-electron chi connectivity index (χ3n) is 3.59. The molecule has 1 aromatic rings. The summed E-state index contributed by atoms with van der Waals surface area (Å²) in [6.07, 6.45) is 1.80. The van der Waals surface area contributed by atoms with Gasteiger partial charge in [0.2, 0.25) is 5.91 Å². The number of hydrogen-bond acceptors (Lipinski definition) is 6. The normalized spacial score (nSPS) is 17.4. The molecule has 1 saturated heterocycles. The standard InChI is InChI=1S/C14H23N5O2S/c1-10(2)16-13(21)17-12(20)11(3)18-5-7-19(8-6-18)14-15-4-9-22-14/h4,9-11H,5-8H2,1-3H3,(H2,16,17,20,21). The van der Waals surface area contributed by atoms with E-state index in [2.05, 4.69) is 25.4 Å². The van der Waals surface area contributed by atoms with Gasteiger partial charge in [0, 0.05) is 43.8 Å². The maximum atomic E-state index is 12.1. The Morgan fingerprint density at radius 1 is 1.23 bits per heavy atom. The minimum atomic E-state index is -0.437. The second-order valence-electron chi connectivity index (χ2n) is 5.63. The summed E-state index contributed by atoms with van der Waals surface area (Å²) in [7, 11) is 0. The Morgan fingerprint density at radius 3 is 2.45 bits per heavy atom. The van der Waals surface area contributed by atoms with Gasteiger partial charge in [-0.05, 0) is 20.8 Å². The number of thiazole rings is 1. The number of anilines is 1. The fraction of sp³-hybridized carbons (Fsp3) is 0.643. The van der Waals surface area contributed by atoms with E-state index >= 15 is 0 Å². The van der Waals surface area contributed by atoms with Crippen LogP contribution in [0.5, 0.6) is 0 Å². The summed E-state index contributed by atoms with van der Waals surface area (Å²) in [4.78, 5) is 32.3. The molecule has 0 aliphatic carbocycles. The van der Waals surface area contributed by atoms with E-state index in [1.165, 1.54) is 0 Å². The summed E-state index contributed by atoms with van der Waals surface area (Å²) >= 11 is 1.62. The second kappa shape index (κ2) is 7.55. The maximum absolute atomic E-state index is 12.1. The molecule has 1 aliphatic rings. The van der Waals surface area contributed by atoms with Crippen LogP contribution in [0.2, 0.25) is 0 Å². The molecule has 1 unspecified atom stereocenters. The molecule has 7 nitrogen and oxygen atoms in total. The Morgan fingerprint density at radius 2 is 1.91 bits per heavy atom. The van der Waals surface area contributed by atoms with Crippen molar-refractivity contribution in [3.05, 3.63) is 11.6 Å². The highest BCUT2D eigenvalue weighted by Gasteiger charge is 2.27. The predicted octanol–water partition coefficient (Wildman–Crippen LogP) is 0.888. The number of piperazine rings is 1. The van der Waals surface area contributed by atoms with Crippen LogP contribution in [0.15, 0.2) is 11.6 Å². The van der Waals surface area contributed by atoms with E-state index in [1.54, 1.807) is 17.5 Å². The van der Waals surface area contributed by atoms with E-state index in [-0.39, 0.29) is 18.0 Å². The second-order valence-corrected chi connectivity index (χ2v) is 6.50. The Bertz CT molecular complexity index is 497. The fourth-order valence-corrected chi connectivity index (χ4v) is 3.05. The molecule has 22 heavy (non-hydrogen) atoms. The van der Waals surface area contributed by atoms with Gasteiger partial charge < -0.3 is 10.2 Å². The van der Waals surface area contributed by atoms with Gasteiger partial charge in [0.05, 0.1) is 6.04 Å². The smallest absolute Gasteiger partial charge is 0.321 e. The summed E-state index contributed by atoms with van der Waals surface area (Å²) < 4.78 is 0. The summed E-state index contributed by atoms with van der Waals surface area (Å²) in [5.41, 5.74) is 0. The van der Waals surface area contributed by atoms with Crippen molar-refractivity contribution in [2.45, 2.75) is 32.9 Å². The number of urea groups is 1. The van der Waals surface area contributed by atoms with Gasteiger partial charge in [-0.15, -0.1) is 11.3 Å². The van der Waals surface area contributed by atoms with Crippen molar-refractivity contribution in [2.75, 3.05) is 31.1 Å². The largest absolute Gasteiger partial charge is 0.346 e. The van der Waals surface area contributed by atoms with Crippen LogP contribution in [0.4, 0.5) is 9.93 Å². The number of hydrogen-bond donors (Lipinski definition) is 2. The number of rotatable bonds is 4. The number of nitrogens with zero attached hydrogens (tertiary/aromatic N) is 3. The van der Waals surface area contributed by atoms with Gasteiger partial charge in [-0.2, -0.15) is 0 Å². The van der Waals surface area contributed by atoms with Crippen molar-refractivity contribution in [2.24, 2.45) is 0 Å². The minimum Gasteiger partial charge on any atom is -0.346 e. The molecular formula is C14H23N5O2S. The van der Waals surface area contributed by atoms with Crippen molar-refractivity contribution in [3.8, 4) is 0 Å². The van der Waals surface area contributed by atoms with Gasteiger partial charge in [0.1, 0.15) is 0 Å².